The van der Waals surface area contributed by atoms with E-state index in [1.165, 1.54) is 0 Å². The summed E-state index contributed by atoms with van der Waals surface area (Å²) < 4.78 is 1.03. The third-order valence-corrected chi connectivity index (χ3v) is 3.98. The van der Waals surface area contributed by atoms with E-state index in [1.54, 1.807) is 0 Å². The first kappa shape index (κ1) is 14.7. The van der Waals surface area contributed by atoms with Gasteiger partial charge in [0.15, 0.2) is 0 Å². The smallest absolute Gasteiger partial charge is 0.252 e. The number of nitrogens with zero attached hydrogens (tertiary/aromatic N) is 1. The minimum atomic E-state index is -0.0791. The highest BCUT2D eigenvalue weighted by molar-refractivity contribution is 9.10. The monoisotopic (exact) mass is 354 g/mol. The molecule has 0 atom stereocenters. The van der Waals surface area contributed by atoms with Crippen molar-refractivity contribution >= 4 is 32.7 Å². The Morgan fingerprint density at radius 1 is 1.14 bits per heavy atom. The van der Waals surface area contributed by atoms with Crippen LogP contribution in [0.3, 0.4) is 0 Å². The number of hydrogen-bond donors (Lipinski definition) is 1. The summed E-state index contributed by atoms with van der Waals surface area (Å²) in [5, 5.41) is 3.85. The topological polar surface area (TPSA) is 42.0 Å². The van der Waals surface area contributed by atoms with Gasteiger partial charge in [-0.25, -0.2) is 0 Å². The van der Waals surface area contributed by atoms with Crippen LogP contribution in [0.5, 0.6) is 0 Å². The van der Waals surface area contributed by atoms with Crippen molar-refractivity contribution in [2.24, 2.45) is 0 Å². The number of aryl methyl sites for hydroxylation is 1. The molecule has 0 aliphatic carbocycles. The van der Waals surface area contributed by atoms with Crippen LogP contribution in [0.25, 0.3) is 10.9 Å². The second-order valence-electron chi connectivity index (χ2n) is 5.14. The Morgan fingerprint density at radius 2 is 1.86 bits per heavy atom. The van der Waals surface area contributed by atoms with Gasteiger partial charge in [-0.05, 0) is 36.8 Å². The average molecular weight is 355 g/mol. The van der Waals surface area contributed by atoms with E-state index in [4.69, 9.17) is 0 Å². The highest BCUT2D eigenvalue weighted by Gasteiger charge is 2.11. The van der Waals surface area contributed by atoms with Gasteiger partial charge in [-0.1, -0.05) is 46.3 Å². The van der Waals surface area contributed by atoms with Crippen molar-refractivity contribution in [3.63, 3.8) is 0 Å². The minimum absolute atomic E-state index is 0.0791. The van der Waals surface area contributed by atoms with Crippen LogP contribution in [0.1, 0.15) is 21.6 Å². The summed E-state index contributed by atoms with van der Waals surface area (Å²) in [6.45, 7) is 2.40. The molecule has 0 unspecified atom stereocenters. The molecule has 1 heterocycles. The quantitative estimate of drug-likeness (QED) is 0.764. The first-order valence-electron chi connectivity index (χ1n) is 7.02. The number of hydrogen-bond acceptors (Lipinski definition) is 2. The lowest BCUT2D eigenvalue weighted by Gasteiger charge is -2.09. The van der Waals surface area contributed by atoms with Crippen LogP contribution in [0, 0.1) is 6.92 Å². The predicted octanol–water partition coefficient (Wildman–Crippen LogP) is 4.24. The second-order valence-corrected chi connectivity index (χ2v) is 6.05. The number of rotatable bonds is 3. The van der Waals surface area contributed by atoms with Crippen LogP contribution in [-0.4, -0.2) is 10.9 Å². The number of pyridine rings is 1. The SMILES string of the molecule is Cc1cc(C(=O)NCc2ccc(Br)cc2)c2ccccc2n1. The molecular formula is C18H15BrN2O. The zero-order valence-electron chi connectivity index (χ0n) is 12.1. The van der Waals surface area contributed by atoms with Gasteiger partial charge in [-0.15, -0.1) is 0 Å². The number of aromatic nitrogens is 1. The molecule has 4 heteroatoms. The van der Waals surface area contributed by atoms with Gasteiger partial charge < -0.3 is 5.32 Å². The lowest BCUT2D eigenvalue weighted by Crippen LogP contribution is -2.23. The highest BCUT2D eigenvalue weighted by atomic mass is 79.9. The third-order valence-electron chi connectivity index (χ3n) is 3.46. The Morgan fingerprint density at radius 3 is 2.64 bits per heavy atom. The normalized spacial score (nSPS) is 10.6. The Kier molecular flexibility index (Phi) is 4.20. The summed E-state index contributed by atoms with van der Waals surface area (Å²) in [4.78, 5) is 17.0. The number of para-hydroxylation sites is 1. The lowest BCUT2D eigenvalue weighted by molar-refractivity contribution is 0.0952. The summed E-state index contributed by atoms with van der Waals surface area (Å²) in [5.74, 6) is -0.0791. The molecular weight excluding hydrogens is 340 g/mol. The van der Waals surface area contributed by atoms with Gasteiger partial charge in [0.05, 0.1) is 11.1 Å². The van der Waals surface area contributed by atoms with E-state index in [1.807, 2.05) is 61.5 Å². The number of amides is 1. The molecule has 0 spiro atoms. The minimum Gasteiger partial charge on any atom is -0.348 e. The van der Waals surface area contributed by atoms with E-state index in [9.17, 15) is 4.79 Å². The van der Waals surface area contributed by atoms with Crippen LogP contribution in [-0.2, 0) is 6.54 Å². The summed E-state index contributed by atoms with van der Waals surface area (Å²) in [7, 11) is 0. The molecule has 0 fully saturated rings. The number of fused-ring (bicyclic) bond motifs is 1. The molecule has 2 aromatic carbocycles. The standard InChI is InChI=1S/C18H15BrN2O/c1-12-10-16(15-4-2-3-5-17(15)21-12)18(22)20-11-13-6-8-14(19)9-7-13/h2-10H,11H2,1H3,(H,20,22). The van der Waals surface area contributed by atoms with Gasteiger partial charge in [-0.2, -0.15) is 0 Å². The van der Waals surface area contributed by atoms with Crippen LogP contribution in [0.2, 0.25) is 0 Å². The number of nitrogens with one attached hydrogen (secondary N) is 1. The number of benzene rings is 2. The fourth-order valence-corrected chi connectivity index (χ4v) is 2.64. The van der Waals surface area contributed by atoms with Crippen molar-refractivity contribution in [2.75, 3.05) is 0 Å². The highest BCUT2D eigenvalue weighted by Crippen LogP contribution is 2.18. The first-order chi connectivity index (χ1) is 10.6. The maximum absolute atomic E-state index is 12.5. The van der Waals surface area contributed by atoms with Crippen molar-refractivity contribution in [1.29, 1.82) is 0 Å². The van der Waals surface area contributed by atoms with Gasteiger partial charge >= 0.3 is 0 Å². The Hall–Kier alpha value is -2.20. The van der Waals surface area contributed by atoms with Crippen LogP contribution < -0.4 is 5.32 Å². The third kappa shape index (κ3) is 3.17. The van der Waals surface area contributed by atoms with Gasteiger partial charge in [0.1, 0.15) is 0 Å². The van der Waals surface area contributed by atoms with Crippen molar-refractivity contribution in [2.45, 2.75) is 13.5 Å². The van der Waals surface area contributed by atoms with Gasteiger partial charge in [0.2, 0.25) is 0 Å². The summed E-state index contributed by atoms with van der Waals surface area (Å²) in [6.07, 6.45) is 0. The van der Waals surface area contributed by atoms with E-state index < -0.39 is 0 Å². The van der Waals surface area contributed by atoms with Gasteiger partial charge in [0.25, 0.3) is 5.91 Å². The maximum atomic E-state index is 12.5. The fourth-order valence-electron chi connectivity index (χ4n) is 2.38. The average Bonchev–Trinajstić information content (AvgIpc) is 2.53. The maximum Gasteiger partial charge on any atom is 0.252 e. The lowest BCUT2D eigenvalue weighted by atomic mass is 10.1. The molecule has 1 aromatic heterocycles. The van der Waals surface area contributed by atoms with Gasteiger partial charge in [-0.3, -0.25) is 9.78 Å². The summed E-state index contributed by atoms with van der Waals surface area (Å²) >= 11 is 3.40. The molecule has 0 aliphatic heterocycles. The van der Waals surface area contributed by atoms with E-state index in [0.29, 0.717) is 12.1 Å². The van der Waals surface area contributed by atoms with E-state index in [2.05, 4.69) is 26.2 Å². The van der Waals surface area contributed by atoms with E-state index >= 15 is 0 Å². The molecule has 0 saturated heterocycles. The molecule has 110 valence electrons. The summed E-state index contributed by atoms with van der Waals surface area (Å²) in [5.41, 5.74) is 3.41. The first-order valence-corrected chi connectivity index (χ1v) is 7.82. The zero-order valence-corrected chi connectivity index (χ0v) is 13.7. The molecule has 1 N–H and O–H groups in total. The van der Waals surface area contributed by atoms with E-state index in [-0.39, 0.29) is 5.91 Å². The summed E-state index contributed by atoms with van der Waals surface area (Å²) in [6, 6.07) is 17.4. The largest absolute Gasteiger partial charge is 0.348 e. The molecule has 0 aliphatic rings. The van der Waals surface area contributed by atoms with Crippen molar-refractivity contribution < 1.29 is 4.79 Å². The number of halogens is 1. The van der Waals surface area contributed by atoms with Crippen LogP contribution in [0.4, 0.5) is 0 Å². The molecule has 1 amide bonds. The molecule has 22 heavy (non-hydrogen) atoms. The molecule has 0 radical (unpaired) electrons. The molecule has 3 aromatic rings. The van der Waals surface area contributed by atoms with Crippen LogP contribution >= 0.6 is 15.9 Å². The zero-order chi connectivity index (χ0) is 15.5. The second kappa shape index (κ2) is 6.28. The van der Waals surface area contributed by atoms with Crippen molar-refractivity contribution in [1.82, 2.24) is 10.3 Å². The van der Waals surface area contributed by atoms with E-state index in [0.717, 1.165) is 26.6 Å². The Labute approximate surface area is 137 Å². The number of carbonyl (C=O) groups excluding carboxylic acids is 1. The van der Waals surface area contributed by atoms with Crippen molar-refractivity contribution in [3.05, 3.63) is 75.9 Å². The predicted molar refractivity (Wildman–Crippen MR) is 91.8 cm³/mol. The van der Waals surface area contributed by atoms with Crippen LogP contribution in [0.15, 0.2) is 59.1 Å². The Bertz CT molecular complexity index is 828. The van der Waals surface area contributed by atoms with Crippen molar-refractivity contribution in [3.8, 4) is 0 Å². The molecule has 0 bridgehead atoms. The molecule has 3 nitrogen and oxygen atoms in total. The Balaban J connectivity index is 1.84. The fraction of sp³-hybridized carbons (Fsp3) is 0.111. The molecule has 3 rings (SSSR count). The number of carbonyl (C=O) groups is 1. The molecule has 0 saturated carbocycles. The van der Waals surface area contributed by atoms with Gasteiger partial charge in [0, 0.05) is 22.1 Å².